The summed E-state index contributed by atoms with van der Waals surface area (Å²) in [6, 6.07) is 0. The monoisotopic (exact) mass is 186 g/mol. The molecule has 0 aliphatic rings. The number of rotatable bonds is 3. The van der Waals surface area contributed by atoms with E-state index < -0.39 is 26.2 Å². The third-order valence-corrected chi connectivity index (χ3v) is 4.29. The molecule has 2 unspecified atom stereocenters. The van der Waals surface area contributed by atoms with Crippen molar-refractivity contribution in [3.8, 4) is 0 Å². The van der Waals surface area contributed by atoms with Gasteiger partial charge in [-0.05, 0) is 13.3 Å². The van der Waals surface area contributed by atoms with Gasteiger partial charge in [0.1, 0.15) is 0 Å². The molecule has 0 aromatic heterocycles. The summed E-state index contributed by atoms with van der Waals surface area (Å²) < 4.78 is 36.6. The van der Waals surface area contributed by atoms with Crippen LogP contribution in [0.2, 0.25) is 0 Å². The predicted molar refractivity (Wildman–Crippen MR) is 40.2 cm³/mol. The van der Waals surface area contributed by atoms with Gasteiger partial charge in [-0.1, -0.05) is 6.92 Å². The van der Waals surface area contributed by atoms with Crippen molar-refractivity contribution in [1.29, 1.82) is 0 Å². The van der Waals surface area contributed by atoms with Crippen LogP contribution in [0, 0.1) is 0 Å². The molecule has 0 rings (SSSR count). The summed E-state index contributed by atoms with van der Waals surface area (Å²) in [7, 11) is 0. The fourth-order valence-corrected chi connectivity index (χ4v) is 1.29. The lowest BCUT2D eigenvalue weighted by molar-refractivity contribution is 0.507. The minimum atomic E-state index is -2.25. The summed E-state index contributed by atoms with van der Waals surface area (Å²) in [4.78, 5) is 0. The molecule has 6 heteroatoms. The van der Waals surface area contributed by atoms with Crippen LogP contribution in [0.3, 0.4) is 0 Å². The van der Waals surface area contributed by atoms with Gasteiger partial charge in [-0.15, -0.1) is 0 Å². The van der Waals surface area contributed by atoms with E-state index in [2.05, 4.69) is 0 Å². The van der Waals surface area contributed by atoms with Gasteiger partial charge in [0, 0.05) is 0 Å². The highest BCUT2D eigenvalue weighted by Crippen LogP contribution is 2.19. The second-order valence-electron chi connectivity index (χ2n) is 1.99. The van der Waals surface area contributed by atoms with Gasteiger partial charge in [-0.2, -0.15) is 0 Å². The molecule has 0 saturated heterocycles. The van der Waals surface area contributed by atoms with Crippen LogP contribution in [0.25, 0.3) is 0 Å². The van der Waals surface area contributed by atoms with Crippen molar-refractivity contribution in [2.45, 2.75) is 24.3 Å². The van der Waals surface area contributed by atoms with E-state index in [0.717, 1.165) is 0 Å². The van der Waals surface area contributed by atoms with E-state index in [1.807, 2.05) is 0 Å². The van der Waals surface area contributed by atoms with Crippen LogP contribution >= 0.6 is 0 Å². The fraction of sp³-hybridized carbons (Fsp3) is 1.00. The minimum Gasteiger partial charge on any atom is -0.305 e. The first-order valence-corrected chi connectivity index (χ1v) is 4.88. The van der Waals surface area contributed by atoms with Crippen LogP contribution < -0.4 is 0 Å². The summed E-state index contributed by atoms with van der Waals surface area (Å²) >= 11 is -4.50. The molecule has 4 nitrogen and oxygen atoms in total. The van der Waals surface area contributed by atoms with Crippen LogP contribution in [-0.2, 0) is 22.2 Å². The Balaban J connectivity index is 4.55. The maximum atomic E-state index is 10.5. The maximum absolute atomic E-state index is 10.5. The largest absolute Gasteiger partial charge is 0.305 e. The first kappa shape index (κ1) is 10.2. The zero-order valence-electron chi connectivity index (χ0n) is 5.73. The number of hydrogen-bond acceptors (Lipinski definition) is 2. The van der Waals surface area contributed by atoms with Crippen LogP contribution in [0.1, 0.15) is 20.3 Å². The molecular formula is C4H10O4S2. The molecule has 62 valence electrons. The molecule has 0 aromatic rings. The Bertz CT molecular complexity index is 153. The molecule has 0 amide bonds. The molecule has 0 radical (unpaired) electrons. The lowest BCUT2D eigenvalue weighted by atomic mass is 10.4. The van der Waals surface area contributed by atoms with Crippen molar-refractivity contribution >= 4 is 22.2 Å². The fourth-order valence-electron chi connectivity index (χ4n) is 0.308. The Kier molecular flexibility index (Phi) is 3.64. The molecule has 0 saturated carbocycles. The summed E-state index contributed by atoms with van der Waals surface area (Å²) in [6.45, 7) is 2.88. The van der Waals surface area contributed by atoms with Crippen molar-refractivity contribution in [3.63, 3.8) is 0 Å². The van der Waals surface area contributed by atoms with Crippen molar-refractivity contribution in [2.75, 3.05) is 0 Å². The SMILES string of the molecule is CCC(C)(S(=O)O)S(=O)O. The van der Waals surface area contributed by atoms with Gasteiger partial charge < -0.3 is 9.11 Å². The Hall–Kier alpha value is 0.220. The van der Waals surface area contributed by atoms with E-state index in [0.29, 0.717) is 0 Å². The zero-order chi connectivity index (χ0) is 8.36. The number of hydrogen-bond donors (Lipinski definition) is 2. The summed E-state index contributed by atoms with van der Waals surface area (Å²) in [5.41, 5.74) is 0. The molecule has 0 bridgehead atoms. The second kappa shape index (κ2) is 3.56. The molecule has 0 aliphatic carbocycles. The van der Waals surface area contributed by atoms with Gasteiger partial charge in [0.15, 0.2) is 26.2 Å². The molecule has 0 heterocycles. The van der Waals surface area contributed by atoms with E-state index in [4.69, 9.17) is 9.11 Å². The van der Waals surface area contributed by atoms with E-state index in [1.165, 1.54) is 6.92 Å². The molecule has 0 fully saturated rings. The first-order valence-electron chi connectivity index (χ1n) is 2.67. The Morgan fingerprint density at radius 3 is 1.60 bits per heavy atom. The van der Waals surface area contributed by atoms with E-state index >= 15 is 0 Å². The molecular weight excluding hydrogens is 176 g/mol. The Morgan fingerprint density at radius 1 is 1.30 bits per heavy atom. The van der Waals surface area contributed by atoms with Crippen LogP contribution in [0.5, 0.6) is 0 Å². The third-order valence-electron chi connectivity index (χ3n) is 1.38. The first-order chi connectivity index (χ1) is 4.45. The lowest BCUT2D eigenvalue weighted by Gasteiger charge is -2.17. The maximum Gasteiger partial charge on any atom is 0.174 e. The van der Waals surface area contributed by atoms with Gasteiger partial charge in [0.05, 0.1) is 0 Å². The van der Waals surface area contributed by atoms with Crippen molar-refractivity contribution < 1.29 is 17.5 Å². The average Bonchev–Trinajstić information content (AvgIpc) is 1.85. The van der Waals surface area contributed by atoms with E-state index in [1.54, 1.807) is 6.92 Å². The normalized spacial score (nSPS) is 23.2. The van der Waals surface area contributed by atoms with Gasteiger partial charge in [0.25, 0.3) is 0 Å². The summed E-state index contributed by atoms with van der Waals surface area (Å²) in [6.07, 6.45) is 0.194. The average molecular weight is 186 g/mol. The quantitative estimate of drug-likeness (QED) is 0.631. The topological polar surface area (TPSA) is 74.6 Å². The van der Waals surface area contributed by atoms with Crippen LogP contribution in [0.4, 0.5) is 0 Å². The summed E-state index contributed by atoms with van der Waals surface area (Å²) in [5.74, 6) is 0. The van der Waals surface area contributed by atoms with Crippen LogP contribution in [0.15, 0.2) is 0 Å². The van der Waals surface area contributed by atoms with Gasteiger partial charge >= 0.3 is 0 Å². The summed E-state index contributed by atoms with van der Waals surface area (Å²) in [5, 5.41) is 0. The molecule has 2 N–H and O–H groups in total. The second-order valence-corrected chi connectivity index (χ2v) is 5.04. The highest BCUT2D eigenvalue weighted by atomic mass is 32.3. The smallest absolute Gasteiger partial charge is 0.174 e. The molecule has 2 atom stereocenters. The molecule has 10 heavy (non-hydrogen) atoms. The van der Waals surface area contributed by atoms with Gasteiger partial charge in [-0.3, -0.25) is 0 Å². The van der Waals surface area contributed by atoms with Crippen LogP contribution in [-0.4, -0.2) is 21.6 Å². The van der Waals surface area contributed by atoms with Crippen molar-refractivity contribution in [1.82, 2.24) is 0 Å². The lowest BCUT2D eigenvalue weighted by Crippen LogP contribution is -2.34. The highest BCUT2D eigenvalue weighted by Gasteiger charge is 2.35. The van der Waals surface area contributed by atoms with Crippen molar-refractivity contribution in [2.24, 2.45) is 0 Å². The van der Waals surface area contributed by atoms with Crippen molar-refractivity contribution in [3.05, 3.63) is 0 Å². The molecule has 0 aromatic carbocycles. The van der Waals surface area contributed by atoms with Gasteiger partial charge in [0.2, 0.25) is 0 Å². The Morgan fingerprint density at radius 2 is 1.60 bits per heavy atom. The standard InChI is InChI=1S/C4H10O4S2/c1-3-4(2,9(5)6)10(7)8/h3H2,1-2H3,(H,5,6)(H,7,8). The van der Waals surface area contributed by atoms with Gasteiger partial charge in [-0.25, -0.2) is 8.42 Å². The van der Waals surface area contributed by atoms with E-state index in [-0.39, 0.29) is 6.42 Å². The zero-order valence-corrected chi connectivity index (χ0v) is 7.37. The Labute approximate surface area is 64.6 Å². The predicted octanol–water partition coefficient (Wildman–Crippen LogP) is 0.556. The van der Waals surface area contributed by atoms with E-state index in [9.17, 15) is 8.42 Å². The third kappa shape index (κ3) is 1.85. The highest BCUT2D eigenvalue weighted by molar-refractivity contribution is 7.99. The molecule has 0 spiro atoms. The minimum absolute atomic E-state index is 0.194. The molecule has 0 aliphatic heterocycles.